The lowest BCUT2D eigenvalue weighted by Gasteiger charge is -2.10. The molecule has 0 aliphatic carbocycles. The fourth-order valence-electron chi connectivity index (χ4n) is 2.94. The van der Waals surface area contributed by atoms with Crippen molar-refractivity contribution >= 4 is 33.0 Å². The predicted octanol–water partition coefficient (Wildman–Crippen LogP) is 4.62. The lowest BCUT2D eigenvalue weighted by atomic mass is 10.1. The summed E-state index contributed by atoms with van der Waals surface area (Å²) in [5, 5.41) is 19.7. The molecule has 0 aliphatic rings. The highest BCUT2D eigenvalue weighted by Crippen LogP contribution is 2.31. The molecule has 0 unspecified atom stereocenters. The fourth-order valence-corrected chi connectivity index (χ4v) is 4.79. The number of sulfone groups is 1. The Morgan fingerprint density at radius 1 is 0.786 bits per heavy atom. The van der Waals surface area contributed by atoms with E-state index >= 15 is 0 Å². The van der Waals surface area contributed by atoms with Crippen molar-refractivity contribution in [2.75, 3.05) is 0 Å². The summed E-state index contributed by atoms with van der Waals surface area (Å²) in [6.45, 7) is -0.474. The molecule has 28 heavy (non-hydrogen) atoms. The van der Waals surface area contributed by atoms with Gasteiger partial charge in [-0.1, -0.05) is 59.6 Å². The zero-order chi connectivity index (χ0) is 20.3. The molecule has 0 saturated heterocycles. The summed E-state index contributed by atoms with van der Waals surface area (Å²) < 4.78 is 25.5. The van der Waals surface area contributed by atoms with Crippen LogP contribution in [0.4, 0.5) is 0 Å². The van der Waals surface area contributed by atoms with Crippen molar-refractivity contribution in [3.05, 3.63) is 87.4 Å². The van der Waals surface area contributed by atoms with E-state index < -0.39 is 9.84 Å². The minimum atomic E-state index is -3.57. The molecule has 4 nitrogen and oxygen atoms in total. The van der Waals surface area contributed by atoms with Gasteiger partial charge in [0.2, 0.25) is 0 Å². The number of rotatable bonds is 6. The molecule has 3 rings (SSSR count). The van der Waals surface area contributed by atoms with Crippen molar-refractivity contribution in [2.45, 2.75) is 23.9 Å². The van der Waals surface area contributed by atoms with Gasteiger partial charge >= 0.3 is 0 Å². The Labute approximate surface area is 173 Å². The van der Waals surface area contributed by atoms with Crippen LogP contribution < -0.4 is 0 Å². The van der Waals surface area contributed by atoms with Gasteiger partial charge in [-0.2, -0.15) is 0 Å². The lowest BCUT2D eigenvalue weighted by Crippen LogP contribution is -2.06. The van der Waals surface area contributed by atoms with Crippen LogP contribution in [0.1, 0.15) is 16.7 Å². The predicted molar refractivity (Wildman–Crippen MR) is 111 cm³/mol. The Balaban J connectivity index is 1.86. The third kappa shape index (κ3) is 4.57. The third-order valence-corrected chi connectivity index (χ3v) is 6.68. The van der Waals surface area contributed by atoms with E-state index in [2.05, 4.69) is 0 Å². The van der Waals surface area contributed by atoms with Crippen molar-refractivity contribution < 1.29 is 18.6 Å². The summed E-state index contributed by atoms with van der Waals surface area (Å²) in [4.78, 5) is 0.193. The third-order valence-electron chi connectivity index (χ3n) is 4.42. The van der Waals surface area contributed by atoms with Crippen molar-refractivity contribution in [1.82, 2.24) is 0 Å². The molecule has 0 radical (unpaired) electrons. The largest absolute Gasteiger partial charge is 0.392 e. The summed E-state index contributed by atoms with van der Waals surface area (Å²) in [6.07, 6.45) is 0. The highest BCUT2D eigenvalue weighted by atomic mass is 35.5. The van der Waals surface area contributed by atoms with E-state index in [0.717, 1.165) is 11.1 Å². The fraction of sp³-hybridized carbons (Fsp3) is 0.143. The van der Waals surface area contributed by atoms with Crippen LogP contribution in [0.25, 0.3) is 11.1 Å². The number of halogens is 2. The summed E-state index contributed by atoms with van der Waals surface area (Å²) in [5.74, 6) is -0.202. The minimum Gasteiger partial charge on any atom is -0.392 e. The Morgan fingerprint density at radius 2 is 1.46 bits per heavy atom. The van der Waals surface area contributed by atoms with Crippen LogP contribution in [0.3, 0.4) is 0 Å². The molecule has 2 N–H and O–H groups in total. The maximum atomic E-state index is 12.8. The highest BCUT2D eigenvalue weighted by molar-refractivity contribution is 7.90. The van der Waals surface area contributed by atoms with E-state index in [4.69, 9.17) is 23.2 Å². The first kappa shape index (κ1) is 20.8. The minimum absolute atomic E-state index is 0.193. The number of aliphatic hydroxyl groups excluding tert-OH is 2. The quantitative estimate of drug-likeness (QED) is 0.590. The molecule has 0 aromatic heterocycles. The summed E-state index contributed by atoms with van der Waals surface area (Å²) in [6, 6.07) is 16.5. The molecular formula is C21H18Cl2O4S. The van der Waals surface area contributed by atoms with Crippen molar-refractivity contribution in [3.63, 3.8) is 0 Å². The van der Waals surface area contributed by atoms with Gasteiger partial charge in [0.1, 0.15) is 0 Å². The monoisotopic (exact) mass is 436 g/mol. The Hall–Kier alpha value is -1.89. The second kappa shape index (κ2) is 8.64. The molecule has 0 aliphatic heterocycles. The highest BCUT2D eigenvalue weighted by Gasteiger charge is 2.17. The van der Waals surface area contributed by atoms with Gasteiger partial charge in [0, 0.05) is 15.6 Å². The van der Waals surface area contributed by atoms with Gasteiger partial charge in [0.15, 0.2) is 9.84 Å². The van der Waals surface area contributed by atoms with E-state index in [1.165, 1.54) is 0 Å². The number of hydrogen-bond donors (Lipinski definition) is 2. The van der Waals surface area contributed by atoms with Crippen molar-refractivity contribution in [3.8, 4) is 11.1 Å². The van der Waals surface area contributed by atoms with E-state index in [0.29, 0.717) is 26.7 Å². The number of benzene rings is 3. The first-order valence-electron chi connectivity index (χ1n) is 8.44. The molecule has 0 saturated carbocycles. The standard InChI is InChI=1S/C21H18Cl2O4S/c22-18-5-8-20(21(23)10-18)15-3-6-19(7-4-15)28(26,27)13-14-1-2-16(11-24)17(9-14)12-25/h1-10,24-25H,11-13H2. The molecule has 146 valence electrons. The van der Waals surface area contributed by atoms with Crippen LogP contribution in [0.2, 0.25) is 10.0 Å². The van der Waals surface area contributed by atoms with Gasteiger partial charge in [-0.3, -0.25) is 0 Å². The van der Waals surface area contributed by atoms with Crippen LogP contribution >= 0.6 is 23.2 Å². The zero-order valence-corrected chi connectivity index (χ0v) is 17.1. The van der Waals surface area contributed by atoms with E-state index in [9.17, 15) is 18.6 Å². The van der Waals surface area contributed by atoms with E-state index in [1.807, 2.05) is 0 Å². The second-order valence-corrected chi connectivity index (χ2v) is 9.16. The van der Waals surface area contributed by atoms with Crippen molar-refractivity contribution in [1.29, 1.82) is 0 Å². The van der Waals surface area contributed by atoms with Gasteiger partial charge in [-0.05, 0) is 46.5 Å². The molecule has 3 aromatic carbocycles. The number of aliphatic hydroxyl groups is 2. The molecule has 0 amide bonds. The lowest BCUT2D eigenvalue weighted by molar-refractivity contribution is 0.260. The van der Waals surface area contributed by atoms with Gasteiger partial charge < -0.3 is 10.2 Å². The molecule has 0 spiro atoms. The van der Waals surface area contributed by atoms with E-state index in [1.54, 1.807) is 60.7 Å². The van der Waals surface area contributed by atoms with Crippen LogP contribution in [0.15, 0.2) is 65.6 Å². The Bertz CT molecular complexity index is 1090. The molecule has 0 heterocycles. The maximum absolute atomic E-state index is 12.8. The van der Waals surface area contributed by atoms with Crippen LogP contribution in [0.5, 0.6) is 0 Å². The van der Waals surface area contributed by atoms with Crippen LogP contribution in [-0.4, -0.2) is 18.6 Å². The zero-order valence-electron chi connectivity index (χ0n) is 14.8. The summed E-state index contributed by atoms with van der Waals surface area (Å²) in [5.41, 5.74) is 3.19. The Morgan fingerprint density at radius 3 is 2.07 bits per heavy atom. The molecule has 7 heteroatoms. The number of hydrogen-bond acceptors (Lipinski definition) is 4. The first-order chi connectivity index (χ1) is 13.3. The smallest absolute Gasteiger partial charge is 0.182 e. The molecule has 0 atom stereocenters. The summed E-state index contributed by atoms with van der Waals surface area (Å²) >= 11 is 12.1. The Kier molecular flexibility index (Phi) is 6.43. The SMILES string of the molecule is O=S(=O)(Cc1ccc(CO)c(CO)c1)c1ccc(-c2ccc(Cl)cc2Cl)cc1. The average Bonchev–Trinajstić information content (AvgIpc) is 2.67. The molecular weight excluding hydrogens is 419 g/mol. The molecule has 0 bridgehead atoms. The molecule has 0 fully saturated rings. The topological polar surface area (TPSA) is 74.6 Å². The first-order valence-corrected chi connectivity index (χ1v) is 10.9. The maximum Gasteiger partial charge on any atom is 0.182 e. The van der Waals surface area contributed by atoms with E-state index in [-0.39, 0.29) is 23.9 Å². The summed E-state index contributed by atoms with van der Waals surface area (Å²) in [7, 11) is -3.57. The van der Waals surface area contributed by atoms with Crippen LogP contribution in [-0.2, 0) is 28.8 Å². The van der Waals surface area contributed by atoms with Gasteiger partial charge in [0.25, 0.3) is 0 Å². The normalized spacial score (nSPS) is 11.6. The average molecular weight is 437 g/mol. The van der Waals surface area contributed by atoms with Gasteiger partial charge in [-0.15, -0.1) is 0 Å². The molecule has 3 aromatic rings. The van der Waals surface area contributed by atoms with Crippen molar-refractivity contribution in [2.24, 2.45) is 0 Å². The van der Waals surface area contributed by atoms with Crippen LogP contribution in [0, 0.1) is 0 Å². The van der Waals surface area contributed by atoms with Gasteiger partial charge in [0.05, 0.1) is 23.9 Å². The second-order valence-electron chi connectivity index (χ2n) is 6.33. The van der Waals surface area contributed by atoms with Gasteiger partial charge in [-0.25, -0.2) is 8.42 Å².